The molecule has 2 fully saturated rings. The molecule has 1 amide bonds. The Morgan fingerprint density at radius 1 is 1.00 bits per heavy atom. The Morgan fingerprint density at radius 3 is 2.48 bits per heavy atom. The molecule has 1 aliphatic carbocycles. The molecule has 228 valence electrons. The number of ether oxygens (including phenoxy) is 2. The SMILES string of the molecule is COC(=O)c1cncc(-c2ccc3c(=O)n(-c4ccc(OC(F)F)c(NC(=O)C5(N6CCN(C)CC6)CC5)c4)cnc3c2)c1. The maximum absolute atomic E-state index is 13.6. The molecule has 1 aliphatic heterocycles. The fourth-order valence-electron chi connectivity index (χ4n) is 5.55. The van der Waals surface area contributed by atoms with Crippen molar-refractivity contribution in [3.63, 3.8) is 0 Å². The van der Waals surface area contributed by atoms with E-state index in [9.17, 15) is 23.2 Å². The first-order chi connectivity index (χ1) is 21.2. The molecular weight excluding hydrogens is 574 g/mol. The van der Waals surface area contributed by atoms with Gasteiger partial charge in [0.1, 0.15) is 17.6 Å². The molecule has 0 atom stereocenters. The number of nitrogens with zero attached hydrogens (tertiary/aromatic N) is 5. The first-order valence-corrected chi connectivity index (χ1v) is 14.1. The third kappa shape index (κ3) is 5.63. The van der Waals surface area contributed by atoms with Crippen molar-refractivity contribution in [2.75, 3.05) is 45.7 Å². The molecule has 3 heterocycles. The summed E-state index contributed by atoms with van der Waals surface area (Å²) in [5, 5.41) is 3.11. The summed E-state index contributed by atoms with van der Waals surface area (Å²) >= 11 is 0. The van der Waals surface area contributed by atoms with E-state index in [4.69, 9.17) is 9.47 Å². The molecular formula is C31H30F2N6O5. The summed E-state index contributed by atoms with van der Waals surface area (Å²) in [6.45, 7) is 0.0298. The zero-order valence-corrected chi connectivity index (χ0v) is 24.1. The maximum Gasteiger partial charge on any atom is 0.387 e. The van der Waals surface area contributed by atoms with Crippen molar-refractivity contribution in [3.8, 4) is 22.6 Å². The Hall–Kier alpha value is -4.75. The highest BCUT2D eigenvalue weighted by Crippen LogP contribution is 2.44. The number of pyridine rings is 1. The van der Waals surface area contributed by atoms with Crippen LogP contribution in [-0.4, -0.2) is 88.7 Å². The lowest BCUT2D eigenvalue weighted by Gasteiger charge is -2.37. The third-order valence-corrected chi connectivity index (χ3v) is 8.21. The average molecular weight is 605 g/mol. The van der Waals surface area contributed by atoms with E-state index in [0.717, 1.165) is 26.2 Å². The van der Waals surface area contributed by atoms with Crippen LogP contribution in [0.2, 0.25) is 0 Å². The number of amides is 1. The molecule has 0 unspecified atom stereocenters. The molecule has 0 radical (unpaired) electrons. The summed E-state index contributed by atoms with van der Waals surface area (Å²) in [4.78, 5) is 51.9. The second-order valence-electron chi connectivity index (χ2n) is 10.9. The minimum Gasteiger partial charge on any atom is -0.465 e. The smallest absolute Gasteiger partial charge is 0.387 e. The van der Waals surface area contributed by atoms with Crippen molar-refractivity contribution in [1.29, 1.82) is 0 Å². The van der Waals surface area contributed by atoms with Crippen LogP contribution in [0.3, 0.4) is 0 Å². The first kappa shape index (κ1) is 29.3. The highest BCUT2D eigenvalue weighted by molar-refractivity contribution is 6.01. The Bertz CT molecular complexity index is 1800. The van der Waals surface area contributed by atoms with Crippen LogP contribution in [0.25, 0.3) is 27.7 Å². The highest BCUT2D eigenvalue weighted by Gasteiger charge is 2.54. The van der Waals surface area contributed by atoms with E-state index < -0.39 is 23.7 Å². The molecule has 0 spiro atoms. The van der Waals surface area contributed by atoms with E-state index in [2.05, 4.69) is 25.1 Å². The molecule has 2 aromatic heterocycles. The minimum atomic E-state index is -3.10. The molecule has 11 nitrogen and oxygen atoms in total. The second kappa shape index (κ2) is 11.7. The first-order valence-electron chi connectivity index (χ1n) is 14.1. The molecule has 1 saturated carbocycles. The summed E-state index contributed by atoms with van der Waals surface area (Å²) in [7, 11) is 3.32. The monoisotopic (exact) mass is 604 g/mol. The molecule has 6 rings (SSSR count). The summed E-state index contributed by atoms with van der Waals surface area (Å²) in [6, 6.07) is 10.9. The summed E-state index contributed by atoms with van der Waals surface area (Å²) in [6.07, 6.45) is 5.67. The molecule has 0 bridgehead atoms. The van der Waals surface area contributed by atoms with Crippen molar-refractivity contribution in [1.82, 2.24) is 24.3 Å². The summed E-state index contributed by atoms with van der Waals surface area (Å²) < 4.78 is 37.3. The fourth-order valence-corrected chi connectivity index (χ4v) is 5.55. The Morgan fingerprint density at radius 2 is 1.77 bits per heavy atom. The van der Waals surface area contributed by atoms with E-state index in [1.807, 2.05) is 7.05 Å². The molecule has 2 aromatic carbocycles. The van der Waals surface area contributed by atoms with Crippen molar-refractivity contribution in [2.24, 2.45) is 0 Å². The average Bonchev–Trinajstić information content (AvgIpc) is 3.84. The lowest BCUT2D eigenvalue weighted by molar-refractivity contribution is -0.123. The molecule has 1 N–H and O–H groups in total. The van der Waals surface area contributed by atoms with Gasteiger partial charge in [0.15, 0.2) is 0 Å². The van der Waals surface area contributed by atoms with Gasteiger partial charge in [0.05, 0.1) is 35.0 Å². The molecule has 44 heavy (non-hydrogen) atoms. The van der Waals surface area contributed by atoms with E-state index in [-0.39, 0.29) is 22.9 Å². The number of rotatable bonds is 8. The number of methoxy groups -OCH3 is 1. The van der Waals surface area contributed by atoms with E-state index >= 15 is 0 Å². The number of likely N-dealkylation sites (N-methyl/N-ethyl adjacent to an activating group) is 1. The van der Waals surface area contributed by atoms with Crippen LogP contribution in [-0.2, 0) is 9.53 Å². The fraction of sp³-hybridized carbons (Fsp3) is 0.323. The minimum absolute atomic E-state index is 0.0357. The largest absolute Gasteiger partial charge is 0.465 e. The van der Waals surface area contributed by atoms with Crippen LogP contribution in [0.4, 0.5) is 14.5 Å². The topological polar surface area (TPSA) is 119 Å². The quantitative estimate of drug-likeness (QED) is 0.301. The Balaban J connectivity index is 1.31. The van der Waals surface area contributed by atoms with Gasteiger partial charge < -0.3 is 19.7 Å². The number of fused-ring (bicyclic) bond motifs is 1. The Kier molecular flexibility index (Phi) is 7.82. The van der Waals surface area contributed by atoms with Crippen LogP contribution >= 0.6 is 0 Å². The number of alkyl halides is 2. The predicted molar refractivity (Wildman–Crippen MR) is 158 cm³/mol. The summed E-state index contributed by atoms with van der Waals surface area (Å²) in [5.41, 5.74) is 1.27. The van der Waals surface area contributed by atoms with Crippen LogP contribution < -0.4 is 15.6 Å². The highest BCUT2D eigenvalue weighted by atomic mass is 19.3. The van der Waals surface area contributed by atoms with Crippen LogP contribution in [0.15, 0.2) is 66.0 Å². The Labute approximate surface area is 251 Å². The predicted octanol–water partition coefficient (Wildman–Crippen LogP) is 3.55. The van der Waals surface area contributed by atoms with Crippen LogP contribution in [0.1, 0.15) is 23.2 Å². The number of aromatic nitrogens is 3. The van der Waals surface area contributed by atoms with E-state index in [0.29, 0.717) is 40.6 Å². The van der Waals surface area contributed by atoms with E-state index in [1.165, 1.54) is 42.4 Å². The third-order valence-electron chi connectivity index (χ3n) is 8.21. The van der Waals surface area contributed by atoms with Gasteiger partial charge in [-0.05, 0) is 61.9 Å². The van der Waals surface area contributed by atoms with Gasteiger partial charge in [0, 0.05) is 44.1 Å². The second-order valence-corrected chi connectivity index (χ2v) is 10.9. The van der Waals surface area contributed by atoms with Gasteiger partial charge in [-0.3, -0.25) is 24.0 Å². The maximum atomic E-state index is 13.6. The van der Waals surface area contributed by atoms with Crippen LogP contribution in [0.5, 0.6) is 5.75 Å². The molecule has 1 saturated heterocycles. The van der Waals surface area contributed by atoms with Crippen molar-refractivity contribution >= 4 is 28.5 Å². The molecule has 2 aliphatic rings. The number of benzene rings is 2. The summed E-state index contributed by atoms with van der Waals surface area (Å²) in [5.74, 6) is -1.02. The number of piperazine rings is 1. The van der Waals surface area contributed by atoms with Gasteiger partial charge in [-0.25, -0.2) is 9.78 Å². The zero-order valence-electron chi connectivity index (χ0n) is 24.1. The number of esters is 1. The number of anilines is 1. The van der Waals surface area contributed by atoms with Crippen LogP contribution in [0, 0.1) is 0 Å². The van der Waals surface area contributed by atoms with Gasteiger partial charge in [-0.1, -0.05) is 6.07 Å². The van der Waals surface area contributed by atoms with Crippen molar-refractivity contribution in [3.05, 3.63) is 77.1 Å². The zero-order chi connectivity index (χ0) is 31.0. The van der Waals surface area contributed by atoms with Gasteiger partial charge in [-0.2, -0.15) is 8.78 Å². The van der Waals surface area contributed by atoms with E-state index in [1.54, 1.807) is 30.5 Å². The van der Waals surface area contributed by atoms with Gasteiger partial charge in [0.25, 0.3) is 5.56 Å². The molecule has 4 aromatic rings. The number of nitrogens with one attached hydrogen (secondary N) is 1. The normalized spacial score (nSPS) is 16.6. The van der Waals surface area contributed by atoms with Crippen molar-refractivity contribution < 1.29 is 27.8 Å². The lowest BCUT2D eigenvalue weighted by Crippen LogP contribution is -2.54. The number of hydrogen-bond donors (Lipinski definition) is 1. The lowest BCUT2D eigenvalue weighted by atomic mass is 10.0. The number of carbonyl (C=O) groups excluding carboxylic acids is 2. The number of halogens is 2. The number of hydrogen-bond acceptors (Lipinski definition) is 9. The molecule has 13 heteroatoms. The van der Waals surface area contributed by atoms with Gasteiger partial charge in [-0.15, -0.1) is 0 Å². The standard InChI is InChI=1S/C31H30F2N6O5/c1-37-9-11-38(12-10-37)31(7-8-31)29(42)36-25-15-22(4-6-26(25)44-30(32)33)39-18-35-24-14-19(3-5-23(24)27(39)40)20-13-21(17-34-16-20)28(41)43-2/h3-6,13-18,30H,7-12H2,1-2H3,(H,36,42). The van der Waals surface area contributed by atoms with Crippen molar-refractivity contribution in [2.45, 2.75) is 25.0 Å². The number of carbonyl (C=O) groups is 2. The van der Waals surface area contributed by atoms with Gasteiger partial charge >= 0.3 is 12.6 Å². The van der Waals surface area contributed by atoms with Gasteiger partial charge in [0.2, 0.25) is 5.91 Å².